The monoisotopic (exact) mass is 1180 g/mol. The van der Waals surface area contributed by atoms with Crippen LogP contribution in [0.5, 0.6) is 0 Å². The van der Waals surface area contributed by atoms with Crippen molar-refractivity contribution in [3.63, 3.8) is 0 Å². The number of carbonyl (C=O) groups is 3. The van der Waals surface area contributed by atoms with E-state index in [4.69, 9.17) is 23.3 Å². The van der Waals surface area contributed by atoms with Gasteiger partial charge in [0.1, 0.15) is 12.7 Å². The Morgan fingerprint density at radius 2 is 0.536 bits per heavy atom. The lowest BCUT2D eigenvalue weighted by atomic mass is 10.2. The van der Waals surface area contributed by atoms with Gasteiger partial charge < -0.3 is 24.2 Å². The van der Waals surface area contributed by atoms with Crippen LogP contribution in [-0.4, -0.2) is 66.5 Å². The van der Waals surface area contributed by atoms with E-state index in [1.165, 1.54) is 0 Å². The molecule has 0 aliphatic rings. The van der Waals surface area contributed by atoms with Crippen molar-refractivity contribution in [3.05, 3.63) is 219 Å². The molecule has 3 atom stereocenters. The second-order valence-electron chi connectivity index (χ2n) is 19.0. The summed E-state index contributed by atoms with van der Waals surface area (Å²) in [6.45, 7) is 4.01. The Balaban J connectivity index is 5.03. The number of hydrogen-bond donors (Lipinski definition) is 2. The first-order valence-electron chi connectivity index (χ1n) is 30.6. The molecule has 12 heteroatoms. The zero-order chi connectivity index (χ0) is 61.2. The van der Waals surface area contributed by atoms with Crippen LogP contribution < -0.4 is 0 Å². The second kappa shape index (κ2) is 62.8. The van der Waals surface area contributed by atoms with Gasteiger partial charge >= 0.3 is 25.7 Å². The molecule has 0 aliphatic heterocycles. The van der Waals surface area contributed by atoms with Crippen molar-refractivity contribution in [1.29, 1.82) is 0 Å². The largest absolute Gasteiger partial charge is 0.472 e. The molecule has 3 unspecified atom stereocenters. The van der Waals surface area contributed by atoms with Crippen molar-refractivity contribution in [2.75, 3.05) is 26.4 Å². The average Bonchev–Trinajstić information content (AvgIpc) is 3.55. The maximum absolute atomic E-state index is 12.9. The summed E-state index contributed by atoms with van der Waals surface area (Å²) in [5.74, 6) is -1.79. The molecule has 0 saturated carbocycles. The average molecular weight is 1180 g/mol. The molecule has 0 fully saturated rings. The van der Waals surface area contributed by atoms with Crippen molar-refractivity contribution >= 4 is 25.7 Å². The molecule has 464 valence electrons. The summed E-state index contributed by atoms with van der Waals surface area (Å²) >= 11 is 0. The van der Waals surface area contributed by atoms with Gasteiger partial charge in [-0.3, -0.25) is 23.4 Å². The molecule has 0 aromatic heterocycles. The summed E-state index contributed by atoms with van der Waals surface area (Å²) in [6.07, 6.45) is 90.8. The SMILES string of the molecule is CC/C=C\C/C=C\C/C=C\C/C=C\C/C=C\C/C=C\CCC(=O)OCC(COP(=O)(O)OCC(CO)OC(=O)CC/C=C\C/C=C\C/C=C\C/C=C\C/C=C\C/C=C\CC)OC(=O)CC/C=C\C/C=C\C/C=C\C/C=C\C/C=C\C/C=C\CC. The van der Waals surface area contributed by atoms with Crippen molar-refractivity contribution in [3.8, 4) is 0 Å². The molecule has 0 aromatic rings. The first-order valence-corrected chi connectivity index (χ1v) is 32.1. The molecule has 2 N–H and O–H groups in total. The van der Waals surface area contributed by atoms with Gasteiger partial charge in [-0.1, -0.05) is 240 Å². The van der Waals surface area contributed by atoms with Crippen LogP contribution in [0.2, 0.25) is 0 Å². The lowest BCUT2D eigenvalue weighted by Crippen LogP contribution is -2.30. The van der Waals surface area contributed by atoms with Crippen LogP contribution in [0, 0.1) is 0 Å². The molecule has 0 radical (unpaired) electrons. The van der Waals surface area contributed by atoms with Crippen LogP contribution in [0.1, 0.15) is 175 Å². The number of aliphatic hydroxyl groups is 1. The normalized spacial score (nSPS) is 14.8. The Kier molecular flexibility index (Phi) is 58.2. The fraction of sp³-hybridized carbons (Fsp3) is 0.458. The highest BCUT2D eigenvalue weighted by Crippen LogP contribution is 2.43. The highest BCUT2D eigenvalue weighted by Gasteiger charge is 2.28. The third-order valence-corrected chi connectivity index (χ3v) is 12.4. The second-order valence-corrected chi connectivity index (χ2v) is 20.5. The number of ether oxygens (including phenoxy) is 3. The molecule has 0 saturated heterocycles. The molecule has 0 rings (SSSR count). The van der Waals surface area contributed by atoms with Gasteiger partial charge in [0.2, 0.25) is 0 Å². The fourth-order valence-corrected chi connectivity index (χ4v) is 7.69. The van der Waals surface area contributed by atoms with Gasteiger partial charge in [0.05, 0.1) is 19.8 Å². The first-order chi connectivity index (χ1) is 41.2. The topological polar surface area (TPSA) is 155 Å². The number of rotatable bonds is 53. The van der Waals surface area contributed by atoms with E-state index < -0.39 is 64.4 Å². The molecule has 0 heterocycles. The predicted octanol–water partition coefficient (Wildman–Crippen LogP) is 18.9. The third-order valence-electron chi connectivity index (χ3n) is 11.4. The van der Waals surface area contributed by atoms with E-state index in [1.54, 1.807) is 0 Å². The van der Waals surface area contributed by atoms with Gasteiger partial charge in [-0.05, 0) is 135 Å². The zero-order valence-electron chi connectivity index (χ0n) is 51.3. The smallest absolute Gasteiger partial charge is 0.462 e. The Bertz CT molecular complexity index is 2260. The van der Waals surface area contributed by atoms with Crippen LogP contribution in [-0.2, 0) is 42.2 Å². The minimum Gasteiger partial charge on any atom is -0.462 e. The maximum Gasteiger partial charge on any atom is 0.472 e. The molecule has 0 amide bonds. The Labute approximate surface area is 507 Å². The summed E-state index contributed by atoms with van der Waals surface area (Å²) < 4.78 is 39.3. The minimum atomic E-state index is -4.83. The summed E-state index contributed by atoms with van der Waals surface area (Å²) in [7, 11) is -4.83. The highest BCUT2D eigenvalue weighted by molar-refractivity contribution is 7.47. The lowest BCUT2D eigenvalue weighted by Gasteiger charge is -2.21. The molecule has 0 spiro atoms. The van der Waals surface area contributed by atoms with Crippen molar-refractivity contribution in [1.82, 2.24) is 0 Å². The number of phosphoric acid groups is 1. The van der Waals surface area contributed by atoms with E-state index in [0.29, 0.717) is 38.5 Å². The van der Waals surface area contributed by atoms with Gasteiger partial charge in [0.25, 0.3) is 0 Å². The third kappa shape index (κ3) is 60.4. The van der Waals surface area contributed by atoms with E-state index in [9.17, 15) is 28.9 Å². The number of allylic oxidation sites excluding steroid dienone is 36. The summed E-state index contributed by atoms with van der Waals surface area (Å²) in [6, 6.07) is 0. The van der Waals surface area contributed by atoms with E-state index >= 15 is 0 Å². The Morgan fingerprint density at radius 3 is 0.786 bits per heavy atom. The van der Waals surface area contributed by atoms with Crippen molar-refractivity contribution in [2.24, 2.45) is 0 Å². The van der Waals surface area contributed by atoms with Gasteiger partial charge in [-0.2, -0.15) is 0 Å². The highest BCUT2D eigenvalue weighted by atomic mass is 31.2. The lowest BCUT2D eigenvalue weighted by molar-refractivity contribution is -0.161. The predicted molar refractivity (Wildman–Crippen MR) is 352 cm³/mol. The minimum absolute atomic E-state index is 0.00617. The van der Waals surface area contributed by atoms with Gasteiger partial charge in [0.15, 0.2) is 6.10 Å². The summed E-state index contributed by atoms with van der Waals surface area (Å²) in [5, 5.41) is 9.83. The number of carbonyl (C=O) groups excluding carboxylic acids is 3. The quantitative estimate of drug-likeness (QED) is 0.0259. The number of phosphoric ester groups is 1. The van der Waals surface area contributed by atoms with E-state index in [2.05, 4.69) is 191 Å². The maximum atomic E-state index is 12.9. The van der Waals surface area contributed by atoms with Crippen LogP contribution in [0.3, 0.4) is 0 Å². The fourth-order valence-electron chi connectivity index (χ4n) is 6.90. The van der Waals surface area contributed by atoms with Crippen molar-refractivity contribution < 1.29 is 52.2 Å². The number of aliphatic hydroxyl groups excluding tert-OH is 1. The number of esters is 3. The zero-order valence-corrected chi connectivity index (χ0v) is 52.1. The standard InChI is InChI=1S/C72H105O11P/c1-4-7-10-13-16-19-22-25-28-31-34-37-40-43-46-49-52-55-58-61-70(74)79-65-69(83-72(76)63-60-57-54-51-48-45-42-39-36-33-30-27-24-21-18-15-12-9-6-3)67-81-84(77,78)80-66-68(64-73)82-71(75)62-59-56-53-50-47-44-41-38-35-32-29-26-23-20-17-14-11-8-5-2/h7-12,16-21,25-30,34-39,43-48,52-57,68-69,73H,4-6,13-15,22-24,31-33,40-42,49-51,58-67H2,1-3H3,(H,77,78)/b10-7-,11-8-,12-9-,19-16-,20-17-,21-18-,28-25-,29-26-,30-27-,37-34-,38-35-,39-36-,46-43-,47-44-,48-45-,55-52-,56-53-,57-54-. The molecule has 11 nitrogen and oxygen atoms in total. The van der Waals surface area contributed by atoms with E-state index in [1.807, 2.05) is 48.6 Å². The van der Waals surface area contributed by atoms with Crippen LogP contribution in [0.15, 0.2) is 219 Å². The number of hydrogen-bond acceptors (Lipinski definition) is 10. The Morgan fingerprint density at radius 1 is 0.321 bits per heavy atom. The Hall–Kier alpha value is -6.20. The van der Waals surface area contributed by atoms with Gasteiger partial charge in [-0.15, -0.1) is 0 Å². The molecular formula is C72H105O11P. The summed E-state index contributed by atoms with van der Waals surface area (Å²) in [5.41, 5.74) is 0. The van der Waals surface area contributed by atoms with Crippen LogP contribution in [0.25, 0.3) is 0 Å². The molecule has 0 aliphatic carbocycles. The van der Waals surface area contributed by atoms with Gasteiger partial charge in [0, 0.05) is 19.3 Å². The van der Waals surface area contributed by atoms with E-state index in [-0.39, 0.29) is 19.3 Å². The van der Waals surface area contributed by atoms with E-state index in [0.717, 1.165) is 96.3 Å². The van der Waals surface area contributed by atoms with Crippen LogP contribution >= 0.6 is 7.82 Å². The molecule has 0 aromatic carbocycles. The van der Waals surface area contributed by atoms with Gasteiger partial charge in [-0.25, -0.2) is 4.57 Å². The molecular weight excluding hydrogens is 1070 g/mol. The molecule has 84 heavy (non-hydrogen) atoms. The first kappa shape index (κ1) is 77.8. The van der Waals surface area contributed by atoms with Crippen molar-refractivity contribution in [2.45, 2.75) is 187 Å². The molecule has 0 bridgehead atoms. The summed E-state index contributed by atoms with van der Waals surface area (Å²) in [4.78, 5) is 48.6. The van der Waals surface area contributed by atoms with Crippen LogP contribution in [0.4, 0.5) is 0 Å².